The fourth-order valence-electron chi connectivity index (χ4n) is 7.31. The van der Waals surface area contributed by atoms with E-state index in [4.69, 9.17) is 0 Å². The largest absolute Gasteiger partial charge is 0.282 e. The topological polar surface area (TPSA) is 0 Å². The van der Waals surface area contributed by atoms with Crippen molar-refractivity contribution in [1.29, 1.82) is 0 Å². The van der Waals surface area contributed by atoms with Crippen LogP contribution in [-0.4, -0.2) is 28.8 Å². The highest BCUT2D eigenvalue weighted by atomic mass is 32.3. The molecular formula is C20H40S. The zero-order valence-electron chi connectivity index (χ0n) is 15.2. The van der Waals surface area contributed by atoms with E-state index in [1.54, 1.807) is 55.8 Å². The maximum absolute atomic E-state index is 2.89. The van der Waals surface area contributed by atoms with Gasteiger partial charge in [0.05, 0.1) is 0 Å². The lowest BCUT2D eigenvalue weighted by atomic mass is 9.62. The third-order valence-corrected chi connectivity index (χ3v) is 15.9. The number of rotatable bonds is 2. The van der Waals surface area contributed by atoms with Crippen LogP contribution in [0.4, 0.5) is 0 Å². The first kappa shape index (κ1) is 16.2. The van der Waals surface area contributed by atoms with Gasteiger partial charge in [0.25, 0.3) is 0 Å². The molecule has 0 nitrogen and oxygen atoms in total. The summed E-state index contributed by atoms with van der Waals surface area (Å²) in [5.74, 6) is 7.09. The zero-order valence-corrected chi connectivity index (χ0v) is 16.1. The molecule has 0 aromatic rings. The van der Waals surface area contributed by atoms with Gasteiger partial charge < -0.3 is 0 Å². The molecule has 0 N–H and O–H groups in total. The van der Waals surface area contributed by atoms with Crippen molar-refractivity contribution in [2.45, 2.75) is 83.8 Å². The van der Waals surface area contributed by atoms with Gasteiger partial charge in [-0.2, -0.15) is 0 Å². The van der Waals surface area contributed by atoms with Crippen LogP contribution in [-0.2, 0) is 0 Å². The Morgan fingerprint density at radius 2 is 1.67 bits per heavy atom. The second kappa shape index (κ2) is 5.46. The molecule has 2 heterocycles. The normalized spacial score (nSPS) is 42.7. The molecule has 1 aliphatic carbocycles. The summed E-state index contributed by atoms with van der Waals surface area (Å²) in [6, 6.07) is 0. The van der Waals surface area contributed by atoms with Crippen LogP contribution < -0.4 is 0 Å². The molecule has 4 bridgehead atoms. The molecule has 2 aliphatic heterocycles. The van der Waals surface area contributed by atoms with Crippen molar-refractivity contribution in [2.24, 2.45) is 17.3 Å². The molecule has 2 saturated heterocycles. The van der Waals surface area contributed by atoms with Crippen molar-refractivity contribution in [3.8, 4) is 0 Å². The van der Waals surface area contributed by atoms with Gasteiger partial charge in [-0.3, -0.25) is 9.16 Å². The minimum atomic E-state index is -1.47. The molecule has 0 amide bonds. The van der Waals surface area contributed by atoms with E-state index in [0.29, 0.717) is 5.41 Å². The molecule has 21 heavy (non-hydrogen) atoms. The van der Waals surface area contributed by atoms with Crippen LogP contribution in [0.25, 0.3) is 0 Å². The van der Waals surface area contributed by atoms with Gasteiger partial charge >= 0.3 is 0 Å². The third-order valence-electron chi connectivity index (χ3n) is 8.13. The van der Waals surface area contributed by atoms with Gasteiger partial charge in [0.2, 0.25) is 0 Å². The molecule has 1 saturated carbocycles. The Kier molecular flexibility index (Phi) is 4.22. The predicted molar refractivity (Wildman–Crippen MR) is 101 cm³/mol. The lowest BCUT2D eigenvalue weighted by Gasteiger charge is -2.69. The van der Waals surface area contributed by atoms with Crippen LogP contribution in [0.15, 0.2) is 0 Å². The Morgan fingerprint density at radius 1 is 0.952 bits per heavy atom. The summed E-state index contributed by atoms with van der Waals surface area (Å²) in [5.41, 5.74) is 0.618. The molecule has 3 atom stereocenters. The van der Waals surface area contributed by atoms with E-state index in [1.165, 1.54) is 19.3 Å². The van der Waals surface area contributed by atoms with Crippen LogP contribution >= 0.6 is 9.16 Å². The lowest BCUT2D eigenvalue weighted by molar-refractivity contribution is 0.0819. The van der Waals surface area contributed by atoms with Gasteiger partial charge in [-0.1, -0.05) is 40.0 Å². The second-order valence-electron chi connectivity index (χ2n) is 9.97. The summed E-state index contributed by atoms with van der Waals surface area (Å²) >= 11 is 0. The van der Waals surface area contributed by atoms with E-state index in [2.05, 4.69) is 27.0 Å². The van der Waals surface area contributed by atoms with Crippen molar-refractivity contribution in [2.75, 3.05) is 23.5 Å². The van der Waals surface area contributed by atoms with Gasteiger partial charge in [0.15, 0.2) is 0 Å². The Hall–Kier alpha value is 0.350. The lowest BCUT2D eigenvalue weighted by Crippen LogP contribution is -2.51. The summed E-state index contributed by atoms with van der Waals surface area (Å²) in [4.78, 5) is 0. The highest BCUT2D eigenvalue weighted by molar-refractivity contribution is 8.49. The molecule has 3 fully saturated rings. The summed E-state index contributed by atoms with van der Waals surface area (Å²) in [6.07, 6.45) is 16.7. The predicted octanol–water partition coefficient (Wildman–Crippen LogP) is 5.89. The second-order valence-corrected chi connectivity index (χ2v) is 16.8. The minimum absolute atomic E-state index is 0.618. The fourth-order valence-corrected chi connectivity index (χ4v) is 15.2. The van der Waals surface area contributed by atoms with E-state index >= 15 is 0 Å². The maximum atomic E-state index is 2.89. The summed E-state index contributed by atoms with van der Waals surface area (Å²) in [6.45, 7) is 7.76. The van der Waals surface area contributed by atoms with Crippen LogP contribution in [0, 0.1) is 17.3 Å². The SMILES string of the molecule is CCC[SH]12(C)CCCCC(C)(C)[C@@H]3C(CCCC31)CCC2. The molecule has 2 unspecified atom stereocenters. The molecule has 0 aromatic carbocycles. The van der Waals surface area contributed by atoms with Gasteiger partial charge in [-0.15, -0.1) is 0 Å². The van der Waals surface area contributed by atoms with Crippen LogP contribution in [0.2, 0.25) is 0 Å². The fraction of sp³-hybridized carbons (Fsp3) is 1.00. The summed E-state index contributed by atoms with van der Waals surface area (Å²) < 4.78 is 0. The molecular weight excluding hydrogens is 272 g/mol. The van der Waals surface area contributed by atoms with Crippen molar-refractivity contribution in [3.63, 3.8) is 0 Å². The summed E-state index contributed by atoms with van der Waals surface area (Å²) in [7, 11) is -1.47. The number of thiol groups is 1. The van der Waals surface area contributed by atoms with E-state index in [9.17, 15) is 0 Å². The molecule has 0 spiro atoms. The zero-order chi connectivity index (χ0) is 15.2. The Labute approximate surface area is 134 Å². The summed E-state index contributed by atoms with van der Waals surface area (Å²) in [5, 5.41) is 1.15. The van der Waals surface area contributed by atoms with E-state index < -0.39 is 9.16 Å². The van der Waals surface area contributed by atoms with Gasteiger partial charge in [0, 0.05) is 0 Å². The van der Waals surface area contributed by atoms with E-state index in [-0.39, 0.29) is 0 Å². The number of hydrogen-bond donors (Lipinski definition) is 1. The van der Waals surface area contributed by atoms with Crippen LogP contribution in [0.1, 0.15) is 78.6 Å². The number of hydrogen-bond acceptors (Lipinski definition) is 0. The highest BCUT2D eigenvalue weighted by Crippen LogP contribution is 2.78. The van der Waals surface area contributed by atoms with Gasteiger partial charge in [-0.05, 0) is 84.5 Å². The minimum Gasteiger partial charge on any atom is -0.282 e. The Morgan fingerprint density at radius 3 is 2.43 bits per heavy atom. The molecule has 3 aliphatic rings. The van der Waals surface area contributed by atoms with Gasteiger partial charge in [0.1, 0.15) is 0 Å². The maximum Gasteiger partial charge on any atom is -0.0205 e. The molecule has 0 aromatic heterocycles. The van der Waals surface area contributed by atoms with Crippen molar-refractivity contribution < 1.29 is 0 Å². The van der Waals surface area contributed by atoms with Crippen LogP contribution in [0.3, 0.4) is 0 Å². The third kappa shape index (κ3) is 2.60. The first-order valence-corrected chi connectivity index (χ1v) is 13.2. The Bertz CT molecular complexity index is 381. The van der Waals surface area contributed by atoms with Gasteiger partial charge in [-0.25, -0.2) is 0 Å². The molecule has 0 radical (unpaired) electrons. The quantitative estimate of drug-likeness (QED) is 0.604. The Balaban J connectivity index is 2.10. The highest BCUT2D eigenvalue weighted by Gasteiger charge is 2.55. The average molecular weight is 313 g/mol. The van der Waals surface area contributed by atoms with E-state index in [1.807, 2.05) is 0 Å². The standard InChI is InChI=1S/C20H40S/c1-5-14-21(4)15-7-6-13-20(2,3)19-17(11-9-16-21)10-8-12-18(19)21/h17-19,21H,5-16H2,1-4H3/t17?,18?,19-/m1/s1. The first-order chi connectivity index (χ1) is 9.89. The van der Waals surface area contributed by atoms with Crippen molar-refractivity contribution in [1.82, 2.24) is 0 Å². The van der Waals surface area contributed by atoms with Crippen molar-refractivity contribution in [3.05, 3.63) is 0 Å². The first-order valence-electron chi connectivity index (χ1n) is 9.89. The van der Waals surface area contributed by atoms with Crippen molar-refractivity contribution >= 4 is 9.16 Å². The van der Waals surface area contributed by atoms with E-state index in [0.717, 1.165) is 17.1 Å². The smallest absolute Gasteiger partial charge is 0.0205 e. The van der Waals surface area contributed by atoms with Crippen LogP contribution in [0.5, 0.6) is 0 Å². The monoisotopic (exact) mass is 312 g/mol. The average Bonchev–Trinajstić information content (AvgIpc) is 2.51. The molecule has 3 rings (SSSR count). The molecule has 126 valence electrons. The molecule has 1 heteroatoms.